The van der Waals surface area contributed by atoms with E-state index >= 15 is 0 Å². The lowest BCUT2D eigenvalue weighted by Crippen LogP contribution is -2.29. The molecule has 1 aromatic heterocycles. The van der Waals surface area contributed by atoms with Crippen molar-refractivity contribution in [1.29, 1.82) is 0 Å². The molecule has 0 aliphatic rings. The molecule has 2 aromatic rings. The van der Waals surface area contributed by atoms with Gasteiger partial charge in [0.1, 0.15) is 16.4 Å². The molecule has 26 heavy (non-hydrogen) atoms. The second kappa shape index (κ2) is 8.14. The van der Waals surface area contributed by atoms with Crippen LogP contribution in [-0.4, -0.2) is 28.3 Å². The molecule has 0 amide bonds. The monoisotopic (exact) mass is 395 g/mol. The number of thioether (sulfide) groups is 1. The number of nitrogen functional groups attached to an aromatic ring is 1. The number of hydrogen-bond donors (Lipinski definition) is 1. The zero-order chi connectivity index (χ0) is 19.5. The van der Waals surface area contributed by atoms with Gasteiger partial charge in [0.15, 0.2) is 0 Å². The maximum Gasteiger partial charge on any atom is 0.344 e. The van der Waals surface area contributed by atoms with Gasteiger partial charge in [0.05, 0.1) is 6.61 Å². The fraction of sp³-hybridized carbons (Fsp3) is 0.389. The number of anilines is 1. The predicted molar refractivity (Wildman–Crippen MR) is 104 cm³/mol. The molecule has 0 saturated heterocycles. The molecule has 0 bridgehead atoms. The van der Waals surface area contributed by atoms with E-state index in [0.29, 0.717) is 15.8 Å². The highest BCUT2D eigenvalue weighted by molar-refractivity contribution is 7.98. The van der Waals surface area contributed by atoms with Gasteiger partial charge in [-0.25, -0.2) is 4.79 Å². The van der Waals surface area contributed by atoms with Gasteiger partial charge in [-0.2, -0.15) is 9.78 Å². The number of ether oxygens (including phenoxy) is 1. The van der Waals surface area contributed by atoms with Crippen LogP contribution in [0, 0.1) is 5.41 Å². The zero-order valence-corrected chi connectivity index (χ0v) is 16.8. The highest BCUT2D eigenvalue weighted by Crippen LogP contribution is 2.31. The molecule has 0 fully saturated rings. The number of carbonyl (C=O) groups excluding carboxylic acids is 2. The van der Waals surface area contributed by atoms with Gasteiger partial charge in [-0.05, 0) is 24.6 Å². The Hall–Kier alpha value is -1.99. The van der Waals surface area contributed by atoms with E-state index in [4.69, 9.17) is 22.1 Å². The number of rotatable bonds is 5. The summed E-state index contributed by atoms with van der Waals surface area (Å²) in [5.41, 5.74) is 6.51. The van der Waals surface area contributed by atoms with Crippen molar-refractivity contribution < 1.29 is 14.3 Å². The Labute approximate surface area is 162 Å². The Balaban J connectivity index is 2.37. The maximum absolute atomic E-state index is 12.6. The number of aromatic nitrogens is 2. The van der Waals surface area contributed by atoms with Crippen molar-refractivity contribution in [2.45, 2.75) is 38.5 Å². The number of halogens is 1. The van der Waals surface area contributed by atoms with Crippen LogP contribution in [-0.2, 0) is 10.5 Å². The summed E-state index contributed by atoms with van der Waals surface area (Å²) in [6.45, 7) is 7.21. The van der Waals surface area contributed by atoms with Crippen LogP contribution in [0.25, 0.3) is 0 Å². The second-order valence-corrected chi connectivity index (χ2v) is 8.07. The van der Waals surface area contributed by atoms with Crippen LogP contribution in [0.4, 0.5) is 5.82 Å². The zero-order valence-electron chi connectivity index (χ0n) is 15.2. The molecule has 0 atom stereocenters. The van der Waals surface area contributed by atoms with Crippen molar-refractivity contribution in [3.05, 3.63) is 40.4 Å². The average Bonchev–Trinajstić information content (AvgIpc) is 2.89. The largest absolute Gasteiger partial charge is 0.462 e. The van der Waals surface area contributed by atoms with Gasteiger partial charge < -0.3 is 10.5 Å². The molecule has 0 radical (unpaired) electrons. The van der Waals surface area contributed by atoms with Crippen molar-refractivity contribution in [3.8, 4) is 0 Å². The van der Waals surface area contributed by atoms with Gasteiger partial charge in [-0.3, -0.25) is 4.79 Å². The fourth-order valence-corrected chi connectivity index (χ4v) is 3.20. The summed E-state index contributed by atoms with van der Waals surface area (Å²) in [5, 5.41) is 5.31. The first-order valence-corrected chi connectivity index (χ1v) is 9.49. The molecule has 0 unspecified atom stereocenters. The normalized spacial score (nSPS) is 11.4. The van der Waals surface area contributed by atoms with Gasteiger partial charge >= 0.3 is 5.97 Å². The van der Waals surface area contributed by atoms with E-state index in [1.54, 1.807) is 39.8 Å². The van der Waals surface area contributed by atoms with Crippen molar-refractivity contribution >= 4 is 41.1 Å². The fourth-order valence-electron chi connectivity index (χ4n) is 2.11. The van der Waals surface area contributed by atoms with E-state index in [-0.39, 0.29) is 23.9 Å². The van der Waals surface area contributed by atoms with Gasteiger partial charge in [0.25, 0.3) is 5.91 Å². The smallest absolute Gasteiger partial charge is 0.344 e. The predicted octanol–water partition coefficient (Wildman–Crippen LogP) is 4.27. The van der Waals surface area contributed by atoms with Crippen molar-refractivity contribution in [3.63, 3.8) is 0 Å². The summed E-state index contributed by atoms with van der Waals surface area (Å²) in [6, 6.07) is 7.36. The number of carbonyl (C=O) groups is 2. The van der Waals surface area contributed by atoms with Gasteiger partial charge in [-0.15, -0.1) is 0 Å². The van der Waals surface area contributed by atoms with Crippen molar-refractivity contribution in [2.75, 3.05) is 12.3 Å². The Morgan fingerprint density at radius 2 is 1.88 bits per heavy atom. The summed E-state index contributed by atoms with van der Waals surface area (Å²) in [7, 11) is 0. The molecule has 0 spiro atoms. The van der Waals surface area contributed by atoms with Gasteiger partial charge in [0.2, 0.25) is 0 Å². The molecule has 1 aromatic carbocycles. The maximum atomic E-state index is 12.6. The second-order valence-electron chi connectivity index (χ2n) is 6.67. The Morgan fingerprint density at radius 3 is 2.42 bits per heavy atom. The minimum atomic E-state index is -0.690. The first-order chi connectivity index (χ1) is 12.1. The summed E-state index contributed by atoms with van der Waals surface area (Å²) >= 11 is 7.21. The average molecular weight is 396 g/mol. The molecule has 8 heteroatoms. The van der Waals surface area contributed by atoms with E-state index in [1.807, 2.05) is 12.1 Å². The first kappa shape index (κ1) is 20.3. The molecular formula is C18H22ClN3O3S. The lowest BCUT2D eigenvalue weighted by atomic mass is 9.96. The summed E-state index contributed by atoms with van der Waals surface area (Å²) in [4.78, 5) is 24.9. The summed E-state index contributed by atoms with van der Waals surface area (Å²) in [5.74, 6) is -0.332. The van der Waals surface area contributed by atoms with Crippen LogP contribution in [0.5, 0.6) is 0 Å². The summed E-state index contributed by atoms with van der Waals surface area (Å²) in [6.07, 6.45) is 0. The van der Waals surface area contributed by atoms with Crippen molar-refractivity contribution in [2.24, 2.45) is 5.41 Å². The highest BCUT2D eigenvalue weighted by atomic mass is 35.5. The summed E-state index contributed by atoms with van der Waals surface area (Å²) < 4.78 is 6.18. The molecule has 1 heterocycles. The third-order valence-electron chi connectivity index (χ3n) is 3.49. The molecule has 2 rings (SSSR count). The van der Waals surface area contributed by atoms with Crippen molar-refractivity contribution in [1.82, 2.24) is 9.78 Å². The van der Waals surface area contributed by atoms with E-state index in [1.165, 1.54) is 11.8 Å². The number of nitrogens with zero attached hydrogens (tertiary/aromatic N) is 2. The van der Waals surface area contributed by atoms with E-state index < -0.39 is 11.4 Å². The molecule has 2 N–H and O–H groups in total. The molecule has 0 aliphatic heterocycles. The third kappa shape index (κ3) is 4.59. The topological polar surface area (TPSA) is 87.2 Å². The molecule has 0 saturated carbocycles. The quantitative estimate of drug-likeness (QED) is 0.600. The molecule has 140 valence electrons. The Kier molecular flexibility index (Phi) is 6.36. The number of esters is 1. The van der Waals surface area contributed by atoms with Crippen LogP contribution in [0.15, 0.2) is 29.3 Å². The third-order valence-corrected chi connectivity index (χ3v) is 4.78. The van der Waals surface area contributed by atoms with Crippen LogP contribution < -0.4 is 5.73 Å². The van der Waals surface area contributed by atoms with Crippen LogP contribution in [0.2, 0.25) is 5.02 Å². The Morgan fingerprint density at radius 1 is 1.27 bits per heavy atom. The lowest BCUT2D eigenvalue weighted by Gasteiger charge is -2.16. The minimum Gasteiger partial charge on any atom is -0.462 e. The standard InChI is InChI=1S/C18H22ClN3O3S/c1-5-25-16(23)13-14(20)22(17(24)18(2,3)4)21-15(13)26-10-11-6-8-12(19)9-7-11/h6-9H,5,10,20H2,1-4H3. The van der Waals surface area contributed by atoms with Crippen LogP contribution >= 0.6 is 23.4 Å². The number of benzene rings is 1. The van der Waals surface area contributed by atoms with Gasteiger partial charge in [-0.1, -0.05) is 56.3 Å². The van der Waals surface area contributed by atoms with Crippen LogP contribution in [0.3, 0.4) is 0 Å². The Bertz CT molecular complexity index is 810. The minimum absolute atomic E-state index is 0.00183. The van der Waals surface area contributed by atoms with Gasteiger partial charge in [0, 0.05) is 16.2 Å². The molecular weight excluding hydrogens is 374 g/mol. The lowest BCUT2D eigenvalue weighted by molar-refractivity contribution is 0.0523. The SMILES string of the molecule is CCOC(=O)c1c(SCc2ccc(Cl)cc2)nn(C(=O)C(C)(C)C)c1N. The first-order valence-electron chi connectivity index (χ1n) is 8.12. The van der Waals surface area contributed by atoms with Crippen LogP contribution in [0.1, 0.15) is 48.4 Å². The van der Waals surface area contributed by atoms with E-state index in [0.717, 1.165) is 10.2 Å². The molecule has 6 nitrogen and oxygen atoms in total. The highest BCUT2D eigenvalue weighted by Gasteiger charge is 2.31. The number of hydrogen-bond acceptors (Lipinski definition) is 6. The van der Waals surface area contributed by atoms with E-state index in [9.17, 15) is 9.59 Å². The number of nitrogens with two attached hydrogens (primary N) is 1. The molecule has 0 aliphatic carbocycles. The van der Waals surface area contributed by atoms with E-state index in [2.05, 4.69) is 5.10 Å².